The molecule has 3 amide bonds. The molecule has 10 heteroatoms. The van der Waals surface area contributed by atoms with Crippen molar-refractivity contribution in [2.75, 3.05) is 16.8 Å². The van der Waals surface area contributed by atoms with Crippen molar-refractivity contribution in [3.63, 3.8) is 0 Å². The number of anilines is 2. The number of esters is 1. The monoisotopic (exact) mass is 414 g/mol. The number of fused-ring (bicyclic) bond motifs is 3. The van der Waals surface area contributed by atoms with Gasteiger partial charge >= 0.3 is 5.97 Å². The summed E-state index contributed by atoms with van der Waals surface area (Å²) in [5.74, 6) is -1.61. The number of amides is 3. The average molecular weight is 414 g/mol. The summed E-state index contributed by atoms with van der Waals surface area (Å²) in [6, 6.07) is 6.68. The minimum Gasteiger partial charge on any atom is -0.466 e. The van der Waals surface area contributed by atoms with Crippen LogP contribution in [0.5, 0.6) is 0 Å². The summed E-state index contributed by atoms with van der Waals surface area (Å²) >= 11 is 1.15. The maximum absolute atomic E-state index is 13.2. The van der Waals surface area contributed by atoms with Gasteiger partial charge in [-0.2, -0.15) is 0 Å². The molecule has 0 bridgehead atoms. The van der Waals surface area contributed by atoms with E-state index in [-0.39, 0.29) is 36.9 Å². The topological polar surface area (TPSA) is 118 Å². The molecule has 1 aromatic heterocycles. The Morgan fingerprint density at radius 3 is 2.93 bits per heavy atom. The SMILES string of the molecule is CCOC(=O)Cc1csc(NC(=O)C23CCC(=O)N2c2ccccc2C(=O)N3)n1. The second kappa shape index (κ2) is 7.28. The van der Waals surface area contributed by atoms with Crippen molar-refractivity contribution in [2.45, 2.75) is 31.8 Å². The van der Waals surface area contributed by atoms with Crippen LogP contribution < -0.4 is 15.5 Å². The number of ether oxygens (including phenoxy) is 1. The summed E-state index contributed by atoms with van der Waals surface area (Å²) in [5, 5.41) is 7.31. The van der Waals surface area contributed by atoms with Gasteiger partial charge in [-0.05, 0) is 19.1 Å². The molecule has 4 rings (SSSR count). The summed E-state index contributed by atoms with van der Waals surface area (Å²) in [7, 11) is 0. The van der Waals surface area contributed by atoms with Crippen LogP contribution in [-0.4, -0.2) is 40.9 Å². The predicted molar refractivity (Wildman–Crippen MR) is 104 cm³/mol. The normalized spacial score (nSPS) is 20.0. The average Bonchev–Trinajstić information content (AvgIpc) is 3.27. The molecule has 1 unspecified atom stereocenters. The number of carbonyl (C=O) groups is 4. The number of rotatable bonds is 5. The van der Waals surface area contributed by atoms with Gasteiger partial charge in [-0.1, -0.05) is 12.1 Å². The highest BCUT2D eigenvalue weighted by Gasteiger charge is 2.56. The lowest BCUT2D eigenvalue weighted by molar-refractivity contribution is -0.142. The Bertz CT molecular complexity index is 1020. The molecule has 1 aromatic carbocycles. The fourth-order valence-electron chi connectivity index (χ4n) is 3.58. The molecule has 1 saturated heterocycles. The molecular weight excluding hydrogens is 396 g/mol. The summed E-state index contributed by atoms with van der Waals surface area (Å²) in [6.45, 7) is 2.00. The molecule has 1 atom stereocenters. The van der Waals surface area contributed by atoms with Crippen LogP contribution in [-0.2, 0) is 25.5 Å². The number of nitrogens with zero attached hydrogens (tertiary/aromatic N) is 2. The zero-order valence-electron chi connectivity index (χ0n) is 15.6. The number of hydrogen-bond donors (Lipinski definition) is 2. The van der Waals surface area contributed by atoms with Crippen LogP contribution in [0.2, 0.25) is 0 Å². The standard InChI is InChI=1S/C19H18N4O5S/c1-2-28-15(25)9-11-10-29-18(20-11)21-17(27)19-8-7-14(24)23(19)13-6-4-3-5-12(13)16(26)22-19/h3-6,10H,2,7-9H2,1H3,(H,22,26)(H,20,21,27). The lowest BCUT2D eigenvalue weighted by atomic mass is 9.99. The molecule has 2 aromatic rings. The molecule has 0 aliphatic carbocycles. The Morgan fingerprint density at radius 2 is 2.14 bits per heavy atom. The minimum absolute atomic E-state index is 0.0000749. The Labute approximate surface area is 170 Å². The van der Waals surface area contributed by atoms with Gasteiger partial charge in [0.05, 0.1) is 30.0 Å². The number of nitrogens with one attached hydrogen (secondary N) is 2. The van der Waals surface area contributed by atoms with Crippen LogP contribution in [0.4, 0.5) is 10.8 Å². The quantitative estimate of drug-likeness (QED) is 0.715. The Hall–Kier alpha value is -3.27. The molecule has 2 aliphatic rings. The van der Waals surface area contributed by atoms with E-state index >= 15 is 0 Å². The van der Waals surface area contributed by atoms with E-state index in [1.165, 1.54) is 4.90 Å². The van der Waals surface area contributed by atoms with Crippen molar-refractivity contribution in [1.82, 2.24) is 10.3 Å². The zero-order chi connectivity index (χ0) is 20.6. The molecule has 2 aliphatic heterocycles. The van der Waals surface area contributed by atoms with Crippen LogP contribution in [0.15, 0.2) is 29.6 Å². The first-order valence-corrected chi connectivity index (χ1v) is 9.98. The van der Waals surface area contributed by atoms with Crippen molar-refractivity contribution < 1.29 is 23.9 Å². The molecule has 1 fully saturated rings. The smallest absolute Gasteiger partial charge is 0.311 e. The van der Waals surface area contributed by atoms with E-state index < -0.39 is 23.4 Å². The highest BCUT2D eigenvalue weighted by Crippen LogP contribution is 2.39. The van der Waals surface area contributed by atoms with Gasteiger partial charge in [-0.25, -0.2) is 4.98 Å². The fourth-order valence-corrected chi connectivity index (χ4v) is 4.28. The van der Waals surface area contributed by atoms with Crippen molar-refractivity contribution in [1.29, 1.82) is 0 Å². The maximum Gasteiger partial charge on any atom is 0.311 e. The first-order valence-electron chi connectivity index (χ1n) is 9.10. The fraction of sp³-hybridized carbons (Fsp3) is 0.316. The van der Waals surface area contributed by atoms with Gasteiger partial charge in [0.2, 0.25) is 11.6 Å². The Morgan fingerprint density at radius 1 is 1.34 bits per heavy atom. The third-order valence-electron chi connectivity index (χ3n) is 4.82. The number of thiazole rings is 1. The molecule has 9 nitrogen and oxygen atoms in total. The van der Waals surface area contributed by atoms with Gasteiger partial charge in [0.25, 0.3) is 11.8 Å². The van der Waals surface area contributed by atoms with Crippen LogP contribution >= 0.6 is 11.3 Å². The molecule has 29 heavy (non-hydrogen) atoms. The second-order valence-electron chi connectivity index (χ2n) is 6.64. The van der Waals surface area contributed by atoms with Gasteiger partial charge in [-0.3, -0.25) is 29.4 Å². The number of hydrogen-bond acceptors (Lipinski definition) is 7. The molecule has 3 heterocycles. The number of para-hydroxylation sites is 1. The van der Waals surface area contributed by atoms with Crippen LogP contribution in [0.3, 0.4) is 0 Å². The van der Waals surface area contributed by atoms with Gasteiger partial charge in [0.1, 0.15) is 0 Å². The van der Waals surface area contributed by atoms with Crippen molar-refractivity contribution in [3.05, 3.63) is 40.9 Å². The third kappa shape index (κ3) is 3.25. The van der Waals surface area contributed by atoms with Gasteiger partial charge < -0.3 is 10.1 Å². The largest absolute Gasteiger partial charge is 0.466 e. The summed E-state index contributed by atoms with van der Waals surface area (Å²) in [4.78, 5) is 55.5. The lowest BCUT2D eigenvalue weighted by Crippen LogP contribution is -2.68. The summed E-state index contributed by atoms with van der Waals surface area (Å²) < 4.78 is 4.89. The number of carbonyl (C=O) groups excluding carboxylic acids is 4. The highest BCUT2D eigenvalue weighted by molar-refractivity contribution is 7.14. The molecule has 150 valence electrons. The zero-order valence-corrected chi connectivity index (χ0v) is 16.4. The first-order chi connectivity index (χ1) is 13.9. The number of benzene rings is 1. The lowest BCUT2D eigenvalue weighted by Gasteiger charge is -2.41. The molecular formula is C19H18N4O5S. The molecule has 0 saturated carbocycles. The molecule has 0 spiro atoms. The van der Waals surface area contributed by atoms with E-state index in [1.54, 1.807) is 36.6 Å². The molecule has 0 radical (unpaired) electrons. The van der Waals surface area contributed by atoms with Crippen LogP contribution in [0.25, 0.3) is 0 Å². The van der Waals surface area contributed by atoms with Crippen LogP contribution in [0, 0.1) is 0 Å². The highest BCUT2D eigenvalue weighted by atomic mass is 32.1. The van der Waals surface area contributed by atoms with Crippen molar-refractivity contribution in [3.8, 4) is 0 Å². The predicted octanol–water partition coefficient (Wildman–Crippen LogP) is 1.45. The Kier molecular flexibility index (Phi) is 4.79. The molecule has 2 N–H and O–H groups in total. The third-order valence-corrected chi connectivity index (χ3v) is 5.63. The summed E-state index contributed by atoms with van der Waals surface area (Å²) in [5.41, 5.74) is -0.276. The van der Waals surface area contributed by atoms with Crippen molar-refractivity contribution in [2.24, 2.45) is 0 Å². The van der Waals surface area contributed by atoms with E-state index in [4.69, 9.17) is 4.74 Å². The van der Waals surface area contributed by atoms with E-state index in [9.17, 15) is 19.2 Å². The van der Waals surface area contributed by atoms with Gasteiger partial charge in [0.15, 0.2) is 5.13 Å². The number of aromatic nitrogens is 1. The maximum atomic E-state index is 13.2. The van der Waals surface area contributed by atoms with Crippen molar-refractivity contribution >= 4 is 45.8 Å². The van der Waals surface area contributed by atoms with Gasteiger partial charge in [-0.15, -0.1) is 11.3 Å². The first kappa shape index (κ1) is 19.1. The summed E-state index contributed by atoms with van der Waals surface area (Å²) in [6.07, 6.45) is 0.285. The second-order valence-corrected chi connectivity index (χ2v) is 7.50. The van der Waals surface area contributed by atoms with E-state index in [2.05, 4.69) is 15.6 Å². The van der Waals surface area contributed by atoms with E-state index in [1.807, 2.05) is 0 Å². The van der Waals surface area contributed by atoms with E-state index in [0.717, 1.165) is 11.3 Å². The Balaban J connectivity index is 1.58. The van der Waals surface area contributed by atoms with Crippen LogP contribution in [0.1, 0.15) is 35.8 Å². The van der Waals surface area contributed by atoms with E-state index in [0.29, 0.717) is 16.9 Å². The van der Waals surface area contributed by atoms with Gasteiger partial charge in [0, 0.05) is 18.2 Å². The minimum atomic E-state index is -1.50.